The van der Waals surface area contributed by atoms with Crippen molar-refractivity contribution in [2.75, 3.05) is 18.0 Å². The summed E-state index contributed by atoms with van der Waals surface area (Å²) in [5, 5.41) is 6.20. The molecule has 3 rings (SSSR count). The van der Waals surface area contributed by atoms with Crippen molar-refractivity contribution in [1.29, 1.82) is 0 Å². The van der Waals surface area contributed by atoms with E-state index in [0.717, 1.165) is 13.1 Å². The maximum Gasteiger partial charge on any atom is 0.0464 e. The molecule has 1 N–H and O–H groups in total. The van der Waals surface area contributed by atoms with Crippen LogP contribution in [0.15, 0.2) is 36.7 Å². The zero-order valence-corrected chi connectivity index (χ0v) is 12.3. The van der Waals surface area contributed by atoms with Gasteiger partial charge in [0.15, 0.2) is 0 Å². The molecular weight excluding hydrogens is 246 g/mol. The lowest BCUT2D eigenvalue weighted by Gasteiger charge is -2.41. The molecule has 0 amide bonds. The van der Waals surface area contributed by atoms with Gasteiger partial charge in [-0.05, 0) is 30.9 Å². The van der Waals surface area contributed by atoms with Crippen molar-refractivity contribution in [1.82, 2.24) is 10.3 Å². The normalized spacial score (nSPS) is 23.2. The van der Waals surface area contributed by atoms with E-state index >= 15 is 0 Å². The van der Waals surface area contributed by atoms with E-state index in [0.29, 0.717) is 12.1 Å². The van der Waals surface area contributed by atoms with Gasteiger partial charge in [0.2, 0.25) is 0 Å². The van der Waals surface area contributed by atoms with Gasteiger partial charge in [-0.1, -0.05) is 25.5 Å². The molecule has 1 saturated heterocycles. The van der Waals surface area contributed by atoms with Gasteiger partial charge in [-0.2, -0.15) is 0 Å². The van der Waals surface area contributed by atoms with Crippen LogP contribution in [-0.4, -0.2) is 30.2 Å². The van der Waals surface area contributed by atoms with Gasteiger partial charge in [-0.3, -0.25) is 4.98 Å². The summed E-state index contributed by atoms with van der Waals surface area (Å²) in [6.45, 7) is 6.70. The molecule has 3 nitrogen and oxygen atoms in total. The zero-order valence-electron chi connectivity index (χ0n) is 12.3. The third-order valence-corrected chi connectivity index (χ3v) is 4.26. The minimum atomic E-state index is 0.522. The van der Waals surface area contributed by atoms with Crippen LogP contribution in [0.3, 0.4) is 0 Å². The molecule has 0 aliphatic carbocycles. The van der Waals surface area contributed by atoms with E-state index in [9.17, 15) is 0 Å². The van der Waals surface area contributed by atoms with Crippen molar-refractivity contribution in [3.63, 3.8) is 0 Å². The van der Waals surface area contributed by atoms with Crippen LogP contribution < -0.4 is 10.2 Å². The minimum Gasteiger partial charge on any atom is -0.365 e. The van der Waals surface area contributed by atoms with Crippen molar-refractivity contribution < 1.29 is 0 Å². The molecule has 2 heterocycles. The topological polar surface area (TPSA) is 28.2 Å². The molecule has 20 heavy (non-hydrogen) atoms. The van der Waals surface area contributed by atoms with E-state index in [1.54, 1.807) is 0 Å². The second-order valence-electron chi connectivity index (χ2n) is 5.77. The van der Waals surface area contributed by atoms with E-state index in [4.69, 9.17) is 0 Å². The fourth-order valence-electron chi connectivity index (χ4n) is 3.15. The highest BCUT2D eigenvalue weighted by molar-refractivity contribution is 5.93. The molecule has 0 radical (unpaired) electrons. The molecule has 0 saturated carbocycles. The Morgan fingerprint density at radius 3 is 3.10 bits per heavy atom. The molecule has 2 aromatic rings. The van der Waals surface area contributed by atoms with E-state index in [1.807, 2.05) is 12.4 Å². The van der Waals surface area contributed by atoms with Gasteiger partial charge in [0.05, 0.1) is 0 Å². The van der Waals surface area contributed by atoms with Crippen LogP contribution in [-0.2, 0) is 0 Å². The number of pyridine rings is 1. The number of piperazine rings is 1. The Morgan fingerprint density at radius 1 is 1.35 bits per heavy atom. The number of hydrogen-bond donors (Lipinski definition) is 1. The first-order valence-corrected chi connectivity index (χ1v) is 7.62. The highest BCUT2D eigenvalue weighted by Gasteiger charge is 2.25. The molecule has 1 aromatic heterocycles. The standard InChI is InChI=1S/C17H23N3/c1-3-5-15-12-20(13(2)10-19-15)17-7-4-6-14-8-9-18-11-16(14)17/h4,6-9,11,13,15,19H,3,5,10,12H2,1-2H3. The first kappa shape index (κ1) is 13.4. The Bertz CT molecular complexity index is 576. The molecule has 1 aromatic carbocycles. The molecular formula is C17H23N3. The summed E-state index contributed by atoms with van der Waals surface area (Å²) in [5.74, 6) is 0. The van der Waals surface area contributed by atoms with Crippen LogP contribution in [0.4, 0.5) is 5.69 Å². The van der Waals surface area contributed by atoms with E-state index < -0.39 is 0 Å². The van der Waals surface area contributed by atoms with Gasteiger partial charge in [-0.25, -0.2) is 0 Å². The van der Waals surface area contributed by atoms with Crippen molar-refractivity contribution in [3.8, 4) is 0 Å². The first-order chi connectivity index (χ1) is 9.79. The molecule has 106 valence electrons. The van der Waals surface area contributed by atoms with Crippen LogP contribution in [0.25, 0.3) is 10.8 Å². The average molecular weight is 269 g/mol. The Morgan fingerprint density at radius 2 is 2.25 bits per heavy atom. The maximum atomic E-state index is 4.31. The van der Waals surface area contributed by atoms with Gasteiger partial charge < -0.3 is 10.2 Å². The number of rotatable bonds is 3. The summed E-state index contributed by atoms with van der Waals surface area (Å²) in [6.07, 6.45) is 6.34. The van der Waals surface area contributed by atoms with Crippen LogP contribution in [0, 0.1) is 0 Å². The fraction of sp³-hybridized carbons (Fsp3) is 0.471. The third kappa shape index (κ3) is 2.50. The highest BCUT2D eigenvalue weighted by Crippen LogP contribution is 2.29. The number of benzene rings is 1. The monoisotopic (exact) mass is 269 g/mol. The Kier molecular flexibility index (Phi) is 3.88. The maximum absolute atomic E-state index is 4.31. The van der Waals surface area contributed by atoms with Crippen LogP contribution in [0.1, 0.15) is 26.7 Å². The second-order valence-corrected chi connectivity index (χ2v) is 5.77. The van der Waals surface area contributed by atoms with Crippen molar-refractivity contribution >= 4 is 16.5 Å². The number of aromatic nitrogens is 1. The highest BCUT2D eigenvalue weighted by atomic mass is 15.2. The third-order valence-electron chi connectivity index (χ3n) is 4.26. The SMILES string of the molecule is CCCC1CN(c2cccc3ccncc23)C(C)CN1. The number of hydrogen-bond acceptors (Lipinski definition) is 3. The van der Waals surface area contributed by atoms with Gasteiger partial charge >= 0.3 is 0 Å². The fourth-order valence-corrected chi connectivity index (χ4v) is 3.15. The van der Waals surface area contributed by atoms with Gasteiger partial charge in [0.25, 0.3) is 0 Å². The van der Waals surface area contributed by atoms with Crippen LogP contribution >= 0.6 is 0 Å². The zero-order chi connectivity index (χ0) is 13.9. The van der Waals surface area contributed by atoms with Crippen LogP contribution in [0.5, 0.6) is 0 Å². The van der Waals surface area contributed by atoms with Crippen LogP contribution in [0.2, 0.25) is 0 Å². The molecule has 0 bridgehead atoms. The Labute approximate surface area is 121 Å². The van der Waals surface area contributed by atoms with Gasteiger partial charge in [0.1, 0.15) is 0 Å². The Balaban J connectivity index is 1.96. The predicted octanol–water partition coefficient (Wildman–Crippen LogP) is 3.20. The molecule has 1 aliphatic rings. The smallest absolute Gasteiger partial charge is 0.0464 e. The summed E-state index contributed by atoms with van der Waals surface area (Å²) in [4.78, 5) is 6.85. The lowest BCUT2D eigenvalue weighted by molar-refractivity contribution is 0.387. The van der Waals surface area contributed by atoms with Crippen molar-refractivity contribution in [2.45, 2.75) is 38.8 Å². The van der Waals surface area contributed by atoms with E-state index in [-0.39, 0.29) is 0 Å². The van der Waals surface area contributed by atoms with Gasteiger partial charge in [0, 0.05) is 48.6 Å². The van der Waals surface area contributed by atoms with Crippen molar-refractivity contribution in [3.05, 3.63) is 36.7 Å². The lowest BCUT2D eigenvalue weighted by atomic mass is 10.0. The van der Waals surface area contributed by atoms with Gasteiger partial charge in [-0.15, -0.1) is 0 Å². The summed E-state index contributed by atoms with van der Waals surface area (Å²) in [7, 11) is 0. The number of nitrogens with zero attached hydrogens (tertiary/aromatic N) is 2. The molecule has 1 aliphatic heterocycles. The summed E-state index contributed by atoms with van der Waals surface area (Å²) >= 11 is 0. The first-order valence-electron chi connectivity index (χ1n) is 7.62. The largest absolute Gasteiger partial charge is 0.365 e. The molecule has 1 fully saturated rings. The average Bonchev–Trinajstić information content (AvgIpc) is 2.49. The number of fused-ring (bicyclic) bond motifs is 1. The molecule has 2 atom stereocenters. The predicted molar refractivity (Wildman–Crippen MR) is 85.2 cm³/mol. The molecule has 3 heteroatoms. The van der Waals surface area contributed by atoms with E-state index in [1.165, 1.54) is 29.3 Å². The number of nitrogens with one attached hydrogen (secondary N) is 1. The summed E-state index contributed by atoms with van der Waals surface area (Å²) in [5.41, 5.74) is 1.32. The molecule has 0 spiro atoms. The summed E-state index contributed by atoms with van der Waals surface area (Å²) < 4.78 is 0. The summed E-state index contributed by atoms with van der Waals surface area (Å²) in [6, 6.07) is 9.76. The van der Waals surface area contributed by atoms with Crippen molar-refractivity contribution in [2.24, 2.45) is 0 Å². The quantitative estimate of drug-likeness (QED) is 0.927. The minimum absolute atomic E-state index is 0.522. The Hall–Kier alpha value is -1.61. The van der Waals surface area contributed by atoms with E-state index in [2.05, 4.69) is 53.3 Å². The second kappa shape index (κ2) is 5.80. The lowest BCUT2D eigenvalue weighted by Crippen LogP contribution is -2.55. The molecule has 2 unspecified atom stereocenters. The number of anilines is 1.